The monoisotopic (exact) mass is 368 g/mol. The summed E-state index contributed by atoms with van der Waals surface area (Å²) in [6, 6.07) is 3.51. The normalized spacial score (nSPS) is 12.5. The van der Waals surface area contributed by atoms with Crippen LogP contribution >= 0.6 is 0 Å². The van der Waals surface area contributed by atoms with Crippen LogP contribution in [0.3, 0.4) is 0 Å². The Kier molecular flexibility index (Phi) is 8.03. The second-order valence-electron chi connectivity index (χ2n) is 5.47. The Morgan fingerprint density at radius 2 is 1.69 bits per heavy atom. The van der Waals surface area contributed by atoms with Gasteiger partial charge in [0.25, 0.3) is 0 Å². The average Bonchev–Trinajstić information content (AvgIpc) is 2.58. The van der Waals surface area contributed by atoms with E-state index in [-0.39, 0.29) is 25.0 Å². The Hall–Kier alpha value is -3.14. The highest BCUT2D eigenvalue weighted by Gasteiger charge is 2.26. The van der Waals surface area contributed by atoms with Gasteiger partial charge in [-0.05, 0) is 24.1 Å². The van der Waals surface area contributed by atoms with Crippen LogP contribution in [0.4, 0.5) is 0 Å². The second kappa shape index (κ2) is 9.99. The summed E-state index contributed by atoms with van der Waals surface area (Å²) in [5, 5.41) is 20.1. The van der Waals surface area contributed by atoms with E-state index in [0.29, 0.717) is 5.56 Å². The molecule has 0 saturated carbocycles. The van der Waals surface area contributed by atoms with Crippen molar-refractivity contribution in [3.8, 4) is 5.75 Å². The molecule has 10 heteroatoms. The zero-order chi connectivity index (χ0) is 19.7. The van der Waals surface area contributed by atoms with Gasteiger partial charge in [-0.15, -0.1) is 0 Å². The quantitative estimate of drug-likeness (QED) is 0.354. The Labute approximate surface area is 148 Å². The smallest absolute Gasteiger partial charge is 0.377 e. The summed E-state index contributed by atoms with van der Waals surface area (Å²) < 4.78 is 0. The van der Waals surface area contributed by atoms with Crippen molar-refractivity contribution < 1.29 is 39.2 Å². The molecule has 0 heterocycles. The number of carbonyl (C=O) groups excluding carboxylic acids is 3. The van der Waals surface area contributed by atoms with Gasteiger partial charge in [-0.25, -0.2) is 19.4 Å². The Balaban J connectivity index is 2.62. The van der Waals surface area contributed by atoms with Crippen molar-refractivity contribution in [1.29, 1.82) is 0 Å². The molecule has 0 aliphatic rings. The van der Waals surface area contributed by atoms with Gasteiger partial charge < -0.3 is 21.3 Å². The molecular weight excluding hydrogens is 348 g/mol. The predicted octanol–water partition coefficient (Wildman–Crippen LogP) is -0.367. The number of hydrogen-bond acceptors (Lipinski definition) is 8. The van der Waals surface area contributed by atoms with Crippen molar-refractivity contribution in [3.05, 3.63) is 29.8 Å². The molecule has 0 radical (unpaired) electrons. The number of phenolic OH excluding ortho intramolecular Hbond substituents is 1. The van der Waals surface area contributed by atoms with Gasteiger partial charge in [-0.3, -0.25) is 9.59 Å². The molecule has 0 saturated heterocycles. The lowest BCUT2D eigenvalue weighted by atomic mass is 10.1. The van der Waals surface area contributed by atoms with Crippen LogP contribution in [0, 0.1) is 0 Å². The third kappa shape index (κ3) is 7.62. The molecule has 10 nitrogen and oxygen atoms in total. The number of benzene rings is 1. The molecule has 0 fully saturated rings. The van der Waals surface area contributed by atoms with Crippen molar-refractivity contribution in [2.24, 2.45) is 5.73 Å². The lowest BCUT2D eigenvalue weighted by molar-refractivity contribution is -0.261. The number of aliphatic carboxylic acids is 1. The minimum absolute atomic E-state index is 0.0291. The third-order valence-electron chi connectivity index (χ3n) is 3.22. The molecule has 142 valence electrons. The predicted molar refractivity (Wildman–Crippen MR) is 86.4 cm³/mol. The molecule has 2 atom stereocenters. The third-order valence-corrected chi connectivity index (χ3v) is 3.22. The Morgan fingerprint density at radius 3 is 2.23 bits per heavy atom. The first kappa shape index (κ1) is 20.9. The molecule has 1 unspecified atom stereocenters. The van der Waals surface area contributed by atoms with Gasteiger partial charge in [-0.1, -0.05) is 12.1 Å². The lowest BCUT2D eigenvalue weighted by Gasteiger charge is -2.16. The number of nitrogens with one attached hydrogen (secondary N) is 1. The van der Waals surface area contributed by atoms with E-state index in [0.717, 1.165) is 0 Å². The summed E-state index contributed by atoms with van der Waals surface area (Å²) in [7, 11) is 0. The number of amides is 1. The first-order valence-electron chi connectivity index (χ1n) is 7.63. The first-order chi connectivity index (χ1) is 12.2. The van der Waals surface area contributed by atoms with Crippen molar-refractivity contribution in [2.75, 3.05) is 0 Å². The van der Waals surface area contributed by atoms with Crippen molar-refractivity contribution >= 4 is 23.8 Å². The minimum atomic E-state index is -1.27. The van der Waals surface area contributed by atoms with Crippen LogP contribution in [-0.4, -0.2) is 46.1 Å². The van der Waals surface area contributed by atoms with Crippen LogP contribution in [0.25, 0.3) is 0 Å². The zero-order valence-electron chi connectivity index (χ0n) is 14.0. The molecule has 1 amide bonds. The molecule has 0 aromatic heterocycles. The molecule has 1 rings (SSSR count). The summed E-state index contributed by atoms with van der Waals surface area (Å²) >= 11 is 0. The van der Waals surface area contributed by atoms with Crippen LogP contribution in [0.2, 0.25) is 0 Å². The lowest BCUT2D eigenvalue weighted by Crippen LogP contribution is -2.43. The molecule has 1 aromatic carbocycles. The fraction of sp³-hybridized carbons (Fsp3) is 0.375. The fourth-order valence-electron chi connectivity index (χ4n) is 1.91. The number of carboxylic acids is 1. The van der Waals surface area contributed by atoms with E-state index in [1.165, 1.54) is 19.1 Å². The van der Waals surface area contributed by atoms with Crippen molar-refractivity contribution in [1.82, 2.24) is 5.32 Å². The van der Waals surface area contributed by atoms with Gasteiger partial charge in [0.05, 0.1) is 0 Å². The minimum Gasteiger partial charge on any atom is -0.508 e. The highest BCUT2D eigenvalue weighted by molar-refractivity contribution is 5.84. The van der Waals surface area contributed by atoms with E-state index < -0.39 is 35.9 Å². The van der Waals surface area contributed by atoms with Gasteiger partial charge >= 0.3 is 17.9 Å². The Bertz CT molecular complexity index is 659. The van der Waals surface area contributed by atoms with Crippen LogP contribution < -0.4 is 11.1 Å². The number of hydrogen-bond donors (Lipinski definition) is 4. The maximum Gasteiger partial charge on any atom is 0.377 e. The number of aromatic hydroxyl groups is 1. The molecule has 5 N–H and O–H groups in total. The number of carboxylic acid groups (broad SMARTS) is 1. The number of rotatable bonds is 8. The summed E-state index contributed by atoms with van der Waals surface area (Å²) in [5.41, 5.74) is 6.04. The van der Waals surface area contributed by atoms with E-state index in [2.05, 4.69) is 15.1 Å². The molecule has 0 aliphatic heterocycles. The van der Waals surface area contributed by atoms with E-state index in [4.69, 9.17) is 10.8 Å². The maximum absolute atomic E-state index is 12.0. The van der Waals surface area contributed by atoms with E-state index in [1.54, 1.807) is 12.1 Å². The first-order valence-corrected chi connectivity index (χ1v) is 7.63. The van der Waals surface area contributed by atoms with Gasteiger partial charge in [0.15, 0.2) is 0 Å². The van der Waals surface area contributed by atoms with Crippen LogP contribution in [0.5, 0.6) is 5.75 Å². The highest BCUT2D eigenvalue weighted by Crippen LogP contribution is 2.12. The van der Waals surface area contributed by atoms with Crippen LogP contribution in [0.1, 0.15) is 25.3 Å². The van der Waals surface area contributed by atoms with Gasteiger partial charge in [-0.2, -0.15) is 0 Å². The topological polar surface area (TPSA) is 165 Å². The number of carbonyl (C=O) groups is 4. The fourth-order valence-corrected chi connectivity index (χ4v) is 1.91. The van der Waals surface area contributed by atoms with Crippen molar-refractivity contribution in [3.63, 3.8) is 0 Å². The molecule has 0 spiro atoms. The maximum atomic E-state index is 12.0. The largest absolute Gasteiger partial charge is 0.508 e. The van der Waals surface area contributed by atoms with Gasteiger partial charge in [0.2, 0.25) is 5.91 Å². The second-order valence-corrected chi connectivity index (χ2v) is 5.47. The summed E-state index contributed by atoms with van der Waals surface area (Å²) in [5.74, 6) is -3.74. The standard InChI is InChI=1S/C16H20N2O8/c1-9(19)18-13(8-10-2-4-11(20)5-3-10)16(24)26-25-15(23)12(17)6-7-14(21)22/h2-5,12-13,20H,6-8,17H2,1H3,(H,18,19)(H,21,22)/t12-,13?/m1/s1. The molecule has 26 heavy (non-hydrogen) atoms. The van der Waals surface area contributed by atoms with E-state index >= 15 is 0 Å². The summed E-state index contributed by atoms with van der Waals surface area (Å²) in [6.07, 6.45) is -0.505. The van der Waals surface area contributed by atoms with Gasteiger partial charge in [0.1, 0.15) is 17.8 Å². The molecular formula is C16H20N2O8. The Morgan fingerprint density at radius 1 is 1.12 bits per heavy atom. The van der Waals surface area contributed by atoms with Crippen molar-refractivity contribution in [2.45, 2.75) is 38.3 Å². The van der Waals surface area contributed by atoms with Gasteiger partial charge in [0, 0.05) is 19.8 Å². The zero-order valence-corrected chi connectivity index (χ0v) is 14.0. The molecule has 0 bridgehead atoms. The summed E-state index contributed by atoms with van der Waals surface area (Å²) in [6.45, 7) is 1.20. The average molecular weight is 368 g/mol. The summed E-state index contributed by atoms with van der Waals surface area (Å²) in [4.78, 5) is 54.0. The highest BCUT2D eigenvalue weighted by atomic mass is 17.2. The molecule has 1 aromatic rings. The van der Waals surface area contributed by atoms with Crippen LogP contribution in [0.15, 0.2) is 24.3 Å². The SMILES string of the molecule is CC(=O)NC(Cc1ccc(O)cc1)C(=O)OOC(=O)[C@H](N)CCC(=O)O. The molecule has 0 aliphatic carbocycles. The van der Waals surface area contributed by atoms with Crippen LogP contribution in [-0.2, 0) is 35.4 Å². The van der Waals surface area contributed by atoms with E-state index in [1.807, 2.05) is 0 Å². The number of phenols is 1. The number of nitrogens with two attached hydrogens (primary N) is 1. The van der Waals surface area contributed by atoms with E-state index in [9.17, 15) is 24.3 Å².